The summed E-state index contributed by atoms with van der Waals surface area (Å²) in [6.45, 7) is 0.545. The summed E-state index contributed by atoms with van der Waals surface area (Å²) in [5, 5.41) is 8.80. The van der Waals surface area contributed by atoms with E-state index >= 15 is 0 Å². The van der Waals surface area contributed by atoms with Gasteiger partial charge in [-0.1, -0.05) is 11.6 Å². The minimum atomic E-state index is -3.70. The third-order valence-corrected chi connectivity index (χ3v) is 5.72. The van der Waals surface area contributed by atoms with Gasteiger partial charge in [-0.25, -0.2) is 18.2 Å². The topological polar surface area (TPSA) is 90.6 Å². The van der Waals surface area contributed by atoms with Crippen molar-refractivity contribution in [3.8, 4) is 6.07 Å². The van der Waals surface area contributed by atoms with Crippen LogP contribution in [0, 0.1) is 11.3 Å². The molecule has 0 unspecified atom stereocenters. The Kier molecular flexibility index (Phi) is 4.76. The highest BCUT2D eigenvalue weighted by molar-refractivity contribution is 7.89. The summed E-state index contributed by atoms with van der Waals surface area (Å²) >= 11 is 5.96. The Labute approximate surface area is 127 Å². The molecular formula is C13H12ClN3O3S. The minimum Gasteiger partial charge on any atom is -0.211 e. The zero-order chi connectivity index (χ0) is 15.5. The number of carbonyl (C=O) groups excluding carboxylic acids is 1. The molecule has 8 heteroatoms. The first-order chi connectivity index (χ1) is 9.98. The first-order valence-electron chi connectivity index (χ1n) is 6.26. The molecule has 0 spiro atoms. The summed E-state index contributed by atoms with van der Waals surface area (Å²) in [4.78, 5) is 13.8. The van der Waals surface area contributed by atoms with Gasteiger partial charge in [-0.15, -0.1) is 0 Å². The number of piperidine rings is 1. The molecule has 2 rings (SSSR count). The number of halogens is 1. The fourth-order valence-electron chi connectivity index (χ4n) is 2.20. The van der Waals surface area contributed by atoms with Crippen molar-refractivity contribution in [1.29, 1.82) is 5.26 Å². The maximum Gasteiger partial charge on any atom is 0.244 e. The van der Waals surface area contributed by atoms with E-state index in [4.69, 9.17) is 16.9 Å². The largest absolute Gasteiger partial charge is 0.244 e. The molecule has 1 saturated heterocycles. The summed E-state index contributed by atoms with van der Waals surface area (Å²) in [5.74, 6) is 0. The van der Waals surface area contributed by atoms with E-state index in [0.29, 0.717) is 18.4 Å². The van der Waals surface area contributed by atoms with Gasteiger partial charge in [0.2, 0.25) is 16.1 Å². The molecule has 0 aromatic heterocycles. The lowest BCUT2D eigenvalue weighted by molar-refractivity contribution is 0.320. The van der Waals surface area contributed by atoms with Crippen molar-refractivity contribution in [1.82, 2.24) is 4.31 Å². The highest BCUT2D eigenvalue weighted by Gasteiger charge is 2.30. The number of benzene rings is 1. The van der Waals surface area contributed by atoms with Gasteiger partial charge in [-0.3, -0.25) is 0 Å². The molecule has 0 bridgehead atoms. The van der Waals surface area contributed by atoms with E-state index in [1.54, 1.807) is 0 Å². The van der Waals surface area contributed by atoms with E-state index in [1.165, 1.54) is 28.6 Å². The van der Waals surface area contributed by atoms with Gasteiger partial charge in [0.1, 0.15) is 4.90 Å². The number of aliphatic imine (C=N–C) groups is 1. The van der Waals surface area contributed by atoms with Gasteiger partial charge >= 0.3 is 0 Å². The van der Waals surface area contributed by atoms with Gasteiger partial charge in [0, 0.05) is 13.1 Å². The summed E-state index contributed by atoms with van der Waals surface area (Å²) < 4.78 is 26.4. The Morgan fingerprint density at radius 2 is 2.00 bits per heavy atom. The lowest BCUT2D eigenvalue weighted by Crippen LogP contribution is -2.39. The molecule has 0 saturated carbocycles. The highest BCUT2D eigenvalue weighted by atomic mass is 35.5. The summed E-state index contributed by atoms with van der Waals surface area (Å²) in [7, 11) is -3.70. The van der Waals surface area contributed by atoms with Crippen LogP contribution in [0.25, 0.3) is 0 Å². The van der Waals surface area contributed by atoms with Gasteiger partial charge in [-0.2, -0.15) is 9.57 Å². The number of sulfonamides is 1. The second kappa shape index (κ2) is 6.37. The maximum absolute atomic E-state index is 12.5. The highest BCUT2D eigenvalue weighted by Crippen LogP contribution is 2.28. The lowest BCUT2D eigenvalue weighted by Gasteiger charge is -2.29. The molecular weight excluding hydrogens is 314 g/mol. The average molecular weight is 326 g/mol. The SMILES string of the molecule is N#Cc1ccc(S(=O)(=O)N2CCC(N=C=O)CC2)c(Cl)c1. The quantitative estimate of drug-likeness (QED) is 0.624. The van der Waals surface area contributed by atoms with E-state index in [1.807, 2.05) is 6.07 Å². The van der Waals surface area contributed by atoms with Gasteiger partial charge in [0.15, 0.2) is 0 Å². The monoisotopic (exact) mass is 325 g/mol. The van der Waals surface area contributed by atoms with Crippen LogP contribution in [0.5, 0.6) is 0 Å². The van der Waals surface area contributed by atoms with Crippen LogP contribution in [-0.2, 0) is 14.8 Å². The molecule has 0 radical (unpaired) electrons. The van der Waals surface area contributed by atoms with Crippen molar-refractivity contribution in [2.24, 2.45) is 4.99 Å². The van der Waals surface area contributed by atoms with Crippen molar-refractivity contribution in [2.75, 3.05) is 13.1 Å². The zero-order valence-corrected chi connectivity index (χ0v) is 12.6. The van der Waals surface area contributed by atoms with E-state index in [0.717, 1.165) is 0 Å². The van der Waals surface area contributed by atoms with Crippen LogP contribution in [0.2, 0.25) is 5.02 Å². The van der Waals surface area contributed by atoms with Crippen LogP contribution >= 0.6 is 11.6 Å². The van der Waals surface area contributed by atoms with Crippen LogP contribution in [0.1, 0.15) is 18.4 Å². The molecule has 1 heterocycles. The van der Waals surface area contributed by atoms with Gasteiger partial charge in [0.05, 0.1) is 22.7 Å². The van der Waals surface area contributed by atoms with Crippen LogP contribution in [0.3, 0.4) is 0 Å². The van der Waals surface area contributed by atoms with Crippen LogP contribution in [0.15, 0.2) is 28.1 Å². The third kappa shape index (κ3) is 3.31. The Hall–Kier alpha value is -1.71. The maximum atomic E-state index is 12.5. The van der Waals surface area contributed by atoms with Crippen molar-refractivity contribution in [3.63, 3.8) is 0 Å². The van der Waals surface area contributed by atoms with Crippen molar-refractivity contribution in [3.05, 3.63) is 28.8 Å². The molecule has 1 aliphatic heterocycles. The molecule has 1 aromatic carbocycles. The second-order valence-electron chi connectivity index (χ2n) is 4.61. The van der Waals surface area contributed by atoms with E-state index in [9.17, 15) is 13.2 Å². The van der Waals surface area contributed by atoms with E-state index < -0.39 is 10.0 Å². The van der Waals surface area contributed by atoms with Gasteiger partial charge < -0.3 is 0 Å². The number of hydrogen-bond acceptors (Lipinski definition) is 5. The third-order valence-electron chi connectivity index (χ3n) is 3.34. The predicted molar refractivity (Wildman–Crippen MR) is 76.1 cm³/mol. The molecule has 0 aliphatic carbocycles. The normalized spacial score (nSPS) is 17.0. The summed E-state index contributed by atoms with van der Waals surface area (Å²) in [6, 6.07) is 5.82. The first kappa shape index (κ1) is 15.7. The van der Waals surface area contributed by atoms with E-state index in [2.05, 4.69) is 4.99 Å². The predicted octanol–water partition coefficient (Wildman–Crippen LogP) is 1.70. The molecule has 21 heavy (non-hydrogen) atoms. The Morgan fingerprint density at radius 3 is 2.52 bits per heavy atom. The number of isocyanates is 1. The Bertz CT molecular complexity index is 728. The van der Waals surface area contributed by atoms with Crippen LogP contribution < -0.4 is 0 Å². The number of nitriles is 1. The van der Waals surface area contributed by atoms with Crippen molar-refractivity contribution >= 4 is 27.7 Å². The molecule has 6 nitrogen and oxygen atoms in total. The van der Waals surface area contributed by atoms with Gasteiger partial charge in [0.25, 0.3) is 0 Å². The molecule has 110 valence electrons. The Balaban J connectivity index is 2.24. The second-order valence-corrected chi connectivity index (χ2v) is 6.93. The standard InChI is InChI=1S/C13H12ClN3O3S/c14-12-7-10(8-15)1-2-13(12)21(19,20)17-5-3-11(4-6-17)16-9-18/h1-2,7,11H,3-6H2. The van der Waals surface area contributed by atoms with E-state index in [-0.39, 0.29) is 29.0 Å². The molecule has 1 fully saturated rings. The number of rotatable bonds is 3. The molecule has 0 N–H and O–H groups in total. The summed E-state index contributed by atoms with van der Waals surface area (Å²) in [6.07, 6.45) is 2.45. The Morgan fingerprint density at radius 1 is 1.33 bits per heavy atom. The average Bonchev–Trinajstić information content (AvgIpc) is 2.47. The lowest BCUT2D eigenvalue weighted by atomic mass is 10.1. The van der Waals surface area contributed by atoms with Crippen LogP contribution in [-0.4, -0.2) is 37.9 Å². The minimum absolute atomic E-state index is 0.0134. The smallest absolute Gasteiger partial charge is 0.211 e. The molecule has 1 aliphatic rings. The van der Waals surface area contributed by atoms with Crippen molar-refractivity contribution in [2.45, 2.75) is 23.8 Å². The fourth-order valence-corrected chi connectivity index (χ4v) is 4.19. The molecule has 0 amide bonds. The zero-order valence-electron chi connectivity index (χ0n) is 11.0. The van der Waals surface area contributed by atoms with Crippen LogP contribution in [0.4, 0.5) is 0 Å². The molecule has 0 atom stereocenters. The first-order valence-corrected chi connectivity index (χ1v) is 8.07. The van der Waals surface area contributed by atoms with Gasteiger partial charge in [-0.05, 0) is 31.0 Å². The van der Waals surface area contributed by atoms with Crippen molar-refractivity contribution < 1.29 is 13.2 Å². The summed E-state index contributed by atoms with van der Waals surface area (Å²) in [5.41, 5.74) is 0.304. The molecule has 1 aromatic rings. The number of hydrogen-bond donors (Lipinski definition) is 0. The number of nitrogens with zero attached hydrogens (tertiary/aromatic N) is 3. The fraction of sp³-hybridized carbons (Fsp3) is 0.385.